The van der Waals surface area contributed by atoms with E-state index >= 15 is 0 Å². The van der Waals surface area contributed by atoms with Crippen LogP contribution in [0.25, 0.3) is 11.4 Å². The van der Waals surface area contributed by atoms with Gasteiger partial charge < -0.3 is 0 Å². The monoisotopic (exact) mass is 382 g/mol. The van der Waals surface area contributed by atoms with Crippen LogP contribution in [0.15, 0.2) is 85.2 Å². The average molecular weight is 382 g/mol. The third-order valence-electron chi connectivity index (χ3n) is 5.95. The van der Waals surface area contributed by atoms with Gasteiger partial charge in [0.05, 0.1) is 16.5 Å². The molecular formula is C25H22N2O2+2. The number of aryl methyl sites for hydroxylation is 2. The van der Waals surface area contributed by atoms with Crippen molar-refractivity contribution in [3.05, 3.63) is 119 Å². The first kappa shape index (κ1) is 17.4. The lowest BCUT2D eigenvalue weighted by atomic mass is 9.68. The first-order chi connectivity index (χ1) is 14.0. The van der Waals surface area contributed by atoms with Crippen molar-refractivity contribution < 1.29 is 19.9 Å². The van der Waals surface area contributed by atoms with Gasteiger partial charge in [0.1, 0.15) is 0 Å². The molecule has 4 heteroatoms. The lowest BCUT2D eigenvalue weighted by molar-refractivity contribution is -0.918. The molecule has 4 aromatic rings. The summed E-state index contributed by atoms with van der Waals surface area (Å²) < 4.78 is 2.20. The molecule has 2 N–H and O–H groups in total. The molecule has 0 bridgehead atoms. The smallest absolute Gasteiger partial charge is 0.284 e. The van der Waals surface area contributed by atoms with E-state index in [-0.39, 0.29) is 0 Å². The second-order valence-electron chi connectivity index (χ2n) is 7.71. The molecule has 2 heterocycles. The molecule has 0 unspecified atom stereocenters. The standard InChI is InChI=1S/C25H22N2O2/c1-17-7-11-19(12-8-17)25(20-13-9-18(2)10-14-20)21-5-3-15-26(28)23(21)24-22(25)6-4-16-27(24)29/h3-16,28-29H,1-2H3/q+2. The summed E-state index contributed by atoms with van der Waals surface area (Å²) >= 11 is 0. The van der Waals surface area contributed by atoms with E-state index in [0.717, 1.165) is 31.7 Å². The van der Waals surface area contributed by atoms with Crippen molar-refractivity contribution in [3.8, 4) is 11.4 Å². The van der Waals surface area contributed by atoms with Crippen molar-refractivity contribution in [3.63, 3.8) is 0 Å². The molecular weight excluding hydrogens is 360 g/mol. The molecule has 4 nitrogen and oxygen atoms in total. The van der Waals surface area contributed by atoms with Crippen molar-refractivity contribution >= 4 is 0 Å². The van der Waals surface area contributed by atoms with Crippen molar-refractivity contribution in [2.24, 2.45) is 0 Å². The number of hydrogen-bond acceptors (Lipinski definition) is 2. The summed E-state index contributed by atoms with van der Waals surface area (Å²) in [5.74, 6) is 0. The highest BCUT2D eigenvalue weighted by Gasteiger charge is 2.56. The topological polar surface area (TPSA) is 48.2 Å². The minimum absolute atomic E-state index is 0.590. The van der Waals surface area contributed by atoms with Gasteiger partial charge in [-0.2, -0.15) is 0 Å². The van der Waals surface area contributed by atoms with Gasteiger partial charge in [-0.05, 0) is 37.1 Å². The molecule has 1 aliphatic carbocycles. The number of pyridine rings is 2. The van der Waals surface area contributed by atoms with Crippen LogP contribution in [0.4, 0.5) is 0 Å². The zero-order valence-electron chi connectivity index (χ0n) is 16.4. The molecule has 0 amide bonds. The lowest BCUT2D eigenvalue weighted by Gasteiger charge is -2.31. The molecule has 0 spiro atoms. The Bertz CT molecular complexity index is 1130. The largest absolute Gasteiger partial charge is 0.337 e. The normalized spacial score (nSPS) is 13.7. The van der Waals surface area contributed by atoms with Crippen molar-refractivity contribution in [1.29, 1.82) is 0 Å². The fourth-order valence-electron chi connectivity index (χ4n) is 4.61. The minimum atomic E-state index is -0.649. The Hall–Kier alpha value is -3.66. The summed E-state index contributed by atoms with van der Waals surface area (Å²) in [6, 6.07) is 24.7. The highest BCUT2D eigenvalue weighted by Crippen LogP contribution is 2.53. The van der Waals surface area contributed by atoms with Crippen LogP contribution in [0.5, 0.6) is 0 Å². The lowest BCUT2D eigenvalue weighted by Crippen LogP contribution is -2.39. The molecule has 0 saturated carbocycles. The first-order valence-electron chi connectivity index (χ1n) is 9.67. The number of fused-ring (bicyclic) bond motifs is 3. The Morgan fingerprint density at radius 1 is 0.586 bits per heavy atom. The van der Waals surface area contributed by atoms with Crippen LogP contribution in [0.2, 0.25) is 0 Å². The molecule has 1 aliphatic rings. The number of benzene rings is 2. The Balaban J connectivity index is 1.99. The second-order valence-corrected chi connectivity index (χ2v) is 7.71. The zero-order valence-corrected chi connectivity index (χ0v) is 16.4. The van der Waals surface area contributed by atoms with Gasteiger partial charge in [0, 0.05) is 21.6 Å². The van der Waals surface area contributed by atoms with E-state index in [1.807, 2.05) is 24.3 Å². The van der Waals surface area contributed by atoms with Gasteiger partial charge in [0.2, 0.25) is 12.4 Å². The van der Waals surface area contributed by atoms with E-state index in [4.69, 9.17) is 0 Å². The van der Waals surface area contributed by atoms with Crippen LogP contribution in [0.1, 0.15) is 33.4 Å². The fourth-order valence-corrected chi connectivity index (χ4v) is 4.61. The van der Waals surface area contributed by atoms with Crippen LogP contribution >= 0.6 is 0 Å². The summed E-state index contributed by atoms with van der Waals surface area (Å²) in [5.41, 5.74) is 6.93. The minimum Gasteiger partial charge on any atom is -0.284 e. The van der Waals surface area contributed by atoms with Gasteiger partial charge >= 0.3 is 11.4 Å². The highest BCUT2D eigenvalue weighted by atomic mass is 16.5. The van der Waals surface area contributed by atoms with E-state index < -0.39 is 5.41 Å². The van der Waals surface area contributed by atoms with Gasteiger partial charge in [0.15, 0.2) is 0 Å². The highest BCUT2D eigenvalue weighted by molar-refractivity contribution is 5.78. The number of nitrogens with zero attached hydrogens (tertiary/aromatic N) is 2. The molecule has 5 rings (SSSR count). The van der Waals surface area contributed by atoms with Gasteiger partial charge in [0.25, 0.3) is 0 Å². The maximum Gasteiger partial charge on any atom is 0.337 e. The van der Waals surface area contributed by atoms with Gasteiger partial charge in [-0.3, -0.25) is 10.4 Å². The van der Waals surface area contributed by atoms with E-state index in [2.05, 4.69) is 62.4 Å². The summed E-state index contributed by atoms with van der Waals surface area (Å²) in [6.45, 7) is 4.14. The molecule has 0 saturated heterocycles. The maximum atomic E-state index is 10.7. The fraction of sp³-hybridized carbons (Fsp3) is 0.120. The van der Waals surface area contributed by atoms with Crippen LogP contribution in [-0.4, -0.2) is 10.4 Å². The third-order valence-corrected chi connectivity index (χ3v) is 5.95. The van der Waals surface area contributed by atoms with Crippen LogP contribution in [-0.2, 0) is 5.41 Å². The predicted molar refractivity (Wildman–Crippen MR) is 108 cm³/mol. The SMILES string of the molecule is Cc1ccc(C2(c3ccc(C)cc3)c3ccc[n+](O)c3-c3c2ccc[n+]3O)cc1. The molecule has 0 aliphatic heterocycles. The summed E-state index contributed by atoms with van der Waals surface area (Å²) in [7, 11) is 0. The van der Waals surface area contributed by atoms with E-state index in [1.54, 1.807) is 12.4 Å². The molecule has 29 heavy (non-hydrogen) atoms. The maximum absolute atomic E-state index is 10.7. The molecule has 0 radical (unpaired) electrons. The number of aromatic nitrogens is 2. The van der Waals surface area contributed by atoms with E-state index in [0.29, 0.717) is 11.4 Å². The zero-order chi connectivity index (χ0) is 20.2. The van der Waals surface area contributed by atoms with Gasteiger partial charge in [-0.25, -0.2) is 0 Å². The number of rotatable bonds is 2. The average Bonchev–Trinajstić information content (AvgIpc) is 3.03. The van der Waals surface area contributed by atoms with Crippen LogP contribution in [0, 0.1) is 13.8 Å². The van der Waals surface area contributed by atoms with E-state index in [1.165, 1.54) is 11.1 Å². The Kier molecular flexibility index (Phi) is 3.71. The first-order valence-corrected chi connectivity index (χ1v) is 9.67. The van der Waals surface area contributed by atoms with Crippen LogP contribution < -0.4 is 9.46 Å². The van der Waals surface area contributed by atoms with Gasteiger partial charge in [-0.15, -0.1) is 0 Å². The van der Waals surface area contributed by atoms with Crippen molar-refractivity contribution in [1.82, 2.24) is 0 Å². The predicted octanol–water partition coefficient (Wildman–Crippen LogP) is 3.72. The third kappa shape index (κ3) is 2.32. The molecule has 0 fully saturated rings. The summed E-state index contributed by atoms with van der Waals surface area (Å²) in [6.07, 6.45) is 3.19. The molecule has 0 atom stereocenters. The molecule has 2 aromatic carbocycles. The summed E-state index contributed by atoms with van der Waals surface area (Å²) in [4.78, 5) is 0. The van der Waals surface area contributed by atoms with Gasteiger partial charge in [-0.1, -0.05) is 59.7 Å². The molecule has 142 valence electrons. The Morgan fingerprint density at radius 3 is 1.34 bits per heavy atom. The molecule has 2 aromatic heterocycles. The van der Waals surface area contributed by atoms with Crippen LogP contribution in [0.3, 0.4) is 0 Å². The quantitative estimate of drug-likeness (QED) is 0.361. The Morgan fingerprint density at radius 2 is 0.966 bits per heavy atom. The number of hydrogen-bond donors (Lipinski definition) is 2. The van der Waals surface area contributed by atoms with Crippen molar-refractivity contribution in [2.45, 2.75) is 19.3 Å². The summed E-state index contributed by atoms with van der Waals surface area (Å²) in [5, 5.41) is 21.4. The second kappa shape index (κ2) is 6.17. The Labute approximate surface area is 169 Å². The van der Waals surface area contributed by atoms with Crippen molar-refractivity contribution in [2.75, 3.05) is 0 Å². The van der Waals surface area contributed by atoms with E-state index in [9.17, 15) is 10.4 Å².